The van der Waals surface area contributed by atoms with Gasteiger partial charge in [-0.05, 0) is 43.5 Å². The maximum absolute atomic E-state index is 15.3. The Morgan fingerprint density at radius 3 is 2.29 bits per heavy atom. The molecule has 0 spiro atoms. The van der Waals surface area contributed by atoms with Crippen molar-refractivity contribution in [2.24, 2.45) is 0 Å². The number of carbonyl (C=O) groups is 1. The maximum Gasteiger partial charge on any atom is 0.435 e. The molecule has 4 rings (SSSR count). The van der Waals surface area contributed by atoms with Crippen LogP contribution in [0.1, 0.15) is 46.6 Å². The van der Waals surface area contributed by atoms with E-state index in [-0.39, 0.29) is 29.8 Å². The molecule has 1 fully saturated rings. The van der Waals surface area contributed by atoms with Crippen molar-refractivity contribution in [3.63, 3.8) is 0 Å². The minimum atomic E-state index is -5.07. The number of aromatic nitrogens is 3. The number of hydrogen-bond donors (Lipinski definition) is 2. The van der Waals surface area contributed by atoms with Crippen LogP contribution in [0, 0.1) is 17.5 Å². The molecule has 2 N–H and O–H groups in total. The third-order valence-electron chi connectivity index (χ3n) is 6.75. The zero-order valence-electron chi connectivity index (χ0n) is 22.0. The van der Waals surface area contributed by atoms with Crippen LogP contribution in [-0.2, 0) is 21.3 Å². The average Bonchev–Trinajstić information content (AvgIpc) is 2.82. The smallest absolute Gasteiger partial charge is 0.435 e. The van der Waals surface area contributed by atoms with Crippen molar-refractivity contribution < 1.29 is 49.2 Å². The summed E-state index contributed by atoms with van der Waals surface area (Å²) in [6.07, 6.45) is -9.15. The van der Waals surface area contributed by atoms with E-state index in [2.05, 4.69) is 20.5 Å². The van der Waals surface area contributed by atoms with Gasteiger partial charge in [-0.1, -0.05) is 12.5 Å². The van der Waals surface area contributed by atoms with E-state index in [0.717, 1.165) is 20.3 Å². The first-order valence-corrected chi connectivity index (χ1v) is 13.9. The van der Waals surface area contributed by atoms with Crippen molar-refractivity contribution in [2.45, 2.75) is 48.8 Å². The van der Waals surface area contributed by atoms with Gasteiger partial charge in [0.25, 0.3) is 17.7 Å². The summed E-state index contributed by atoms with van der Waals surface area (Å²) in [5.41, 5.74) is -6.31. The Kier molecular flexibility index (Phi) is 7.86. The van der Waals surface area contributed by atoms with Crippen molar-refractivity contribution in [2.75, 3.05) is 18.7 Å². The molecule has 1 aromatic carbocycles. The summed E-state index contributed by atoms with van der Waals surface area (Å²) in [5.74, 6) is -5.29. The van der Waals surface area contributed by atoms with Crippen molar-refractivity contribution in [1.82, 2.24) is 15.2 Å². The monoisotopic (exact) mass is 621 g/mol. The van der Waals surface area contributed by atoms with E-state index in [1.54, 1.807) is 0 Å². The van der Waals surface area contributed by atoms with Crippen LogP contribution in [0.15, 0.2) is 35.2 Å². The summed E-state index contributed by atoms with van der Waals surface area (Å²) in [6.45, 7) is 0.886. The number of rotatable bonds is 7. The number of methoxy groups -OCH3 is 1. The lowest BCUT2D eigenvalue weighted by atomic mass is 9.66. The van der Waals surface area contributed by atoms with Crippen LogP contribution in [0.25, 0.3) is 0 Å². The topological polar surface area (TPSA) is 127 Å². The Morgan fingerprint density at radius 1 is 1.10 bits per heavy atom. The number of benzene rings is 1. The number of hydrogen-bond acceptors (Lipinski definition) is 8. The van der Waals surface area contributed by atoms with Gasteiger partial charge in [0.2, 0.25) is 5.75 Å². The van der Waals surface area contributed by atoms with E-state index in [0.29, 0.717) is 6.07 Å². The summed E-state index contributed by atoms with van der Waals surface area (Å²) in [5, 5.41) is 8.67. The lowest BCUT2D eigenvalue weighted by Gasteiger charge is -2.42. The molecule has 1 aliphatic rings. The number of nitrogens with one attached hydrogen (secondary N) is 2. The molecular weight excluding hydrogens is 599 g/mol. The molecule has 9 nitrogen and oxygen atoms in total. The second kappa shape index (κ2) is 10.7. The van der Waals surface area contributed by atoms with Gasteiger partial charge < -0.3 is 14.8 Å². The van der Waals surface area contributed by atoms with Crippen LogP contribution in [-0.4, -0.2) is 44.8 Å². The second-order valence-electron chi connectivity index (χ2n) is 9.54. The molecule has 0 aliphatic heterocycles. The number of halogens is 7. The number of nitrogens with zero attached hydrogens (tertiary/aromatic N) is 3. The Hall–Kier alpha value is -4.02. The van der Waals surface area contributed by atoms with Gasteiger partial charge in [-0.25, -0.2) is 18.4 Å². The quantitative estimate of drug-likeness (QED) is 0.292. The molecule has 0 bridgehead atoms. The van der Waals surface area contributed by atoms with Crippen LogP contribution >= 0.6 is 0 Å². The van der Waals surface area contributed by atoms with Crippen LogP contribution < -0.4 is 14.8 Å². The third-order valence-corrected chi connectivity index (χ3v) is 7.90. The highest BCUT2D eigenvalue weighted by molar-refractivity contribution is 7.91. The molecule has 0 radical (unpaired) electrons. The summed E-state index contributed by atoms with van der Waals surface area (Å²) in [7, 11) is -2.26. The molecule has 1 amide bonds. The SMILES string of the molecule is COc1nc(C2(C(F)(F)F)CCC2)cc(F)c1Oc1nnc(C(F)(F)F)c(C)c1C(=O)Nc1cccc(S(C)(=N)=O)c1. The van der Waals surface area contributed by atoms with E-state index in [9.17, 15) is 35.3 Å². The predicted molar refractivity (Wildman–Crippen MR) is 134 cm³/mol. The Morgan fingerprint density at radius 2 is 1.76 bits per heavy atom. The summed E-state index contributed by atoms with van der Waals surface area (Å²) in [6, 6.07) is 5.67. The molecule has 3 aromatic rings. The lowest BCUT2D eigenvalue weighted by Crippen LogP contribution is -2.48. The molecular formula is C25H22F7N5O4S. The van der Waals surface area contributed by atoms with Gasteiger partial charge >= 0.3 is 12.4 Å². The minimum Gasteiger partial charge on any atom is -0.478 e. The Bertz CT molecular complexity index is 1660. The van der Waals surface area contributed by atoms with Gasteiger partial charge in [0.1, 0.15) is 11.0 Å². The normalized spacial score (nSPS) is 16.2. The fraction of sp³-hybridized carbons (Fsp3) is 0.360. The molecule has 42 heavy (non-hydrogen) atoms. The zero-order chi connectivity index (χ0) is 31.3. The van der Waals surface area contributed by atoms with Gasteiger partial charge in [0, 0.05) is 22.9 Å². The largest absolute Gasteiger partial charge is 0.478 e. The Labute approximate surface area is 234 Å². The highest BCUT2D eigenvalue weighted by atomic mass is 32.2. The lowest BCUT2D eigenvalue weighted by molar-refractivity contribution is -0.214. The van der Waals surface area contributed by atoms with Crippen LogP contribution in [0.2, 0.25) is 0 Å². The molecule has 2 aromatic heterocycles. The summed E-state index contributed by atoms with van der Waals surface area (Å²) >= 11 is 0. The van der Waals surface area contributed by atoms with Crippen molar-refractivity contribution in [3.8, 4) is 17.5 Å². The Balaban J connectivity index is 1.80. The van der Waals surface area contributed by atoms with Gasteiger partial charge in [0.05, 0.1) is 22.5 Å². The first kappa shape index (κ1) is 30.9. The highest BCUT2D eigenvalue weighted by Crippen LogP contribution is 2.55. The fourth-order valence-corrected chi connectivity index (χ4v) is 5.08. The van der Waals surface area contributed by atoms with Gasteiger partial charge in [0.15, 0.2) is 11.5 Å². The van der Waals surface area contributed by atoms with Crippen LogP contribution in [0.3, 0.4) is 0 Å². The van der Waals surface area contributed by atoms with Crippen molar-refractivity contribution in [1.29, 1.82) is 4.78 Å². The predicted octanol–water partition coefficient (Wildman–Crippen LogP) is 6.41. The zero-order valence-corrected chi connectivity index (χ0v) is 22.9. The molecule has 17 heteroatoms. The summed E-state index contributed by atoms with van der Waals surface area (Å²) in [4.78, 5) is 17.1. The molecule has 1 aliphatic carbocycles. The summed E-state index contributed by atoms with van der Waals surface area (Å²) < 4.78 is 128. The molecule has 1 atom stereocenters. The molecule has 0 saturated heterocycles. The molecule has 2 heterocycles. The van der Waals surface area contributed by atoms with Crippen LogP contribution in [0.5, 0.6) is 17.5 Å². The van der Waals surface area contributed by atoms with Gasteiger partial charge in [-0.2, -0.15) is 26.3 Å². The third kappa shape index (κ3) is 5.69. The fourth-order valence-electron chi connectivity index (χ4n) is 4.39. The highest BCUT2D eigenvalue weighted by Gasteiger charge is 2.60. The standard InChI is InChI=1S/C25H22F7N5O4S/c1-12-17(20(38)34-13-6-4-7-14(10-13)42(3,33)39)21(37-36-19(12)24(27,28)29)41-18-15(26)11-16(35-22(18)40-2)23(8-5-9-23)25(30,31)32/h4,6-7,10-11,33H,5,8-9H2,1-3H3,(H,34,38). The van der Waals surface area contributed by atoms with Crippen molar-refractivity contribution in [3.05, 3.63) is 58.7 Å². The molecule has 1 saturated carbocycles. The first-order valence-electron chi connectivity index (χ1n) is 12.0. The number of ether oxygens (including phenoxy) is 2. The van der Waals surface area contributed by atoms with Crippen molar-refractivity contribution >= 4 is 21.3 Å². The number of pyridine rings is 1. The minimum absolute atomic E-state index is 0.0124. The van der Waals surface area contributed by atoms with Crippen LogP contribution in [0.4, 0.5) is 36.4 Å². The average molecular weight is 622 g/mol. The van der Waals surface area contributed by atoms with E-state index < -0.39 is 79.2 Å². The number of amides is 1. The van der Waals surface area contributed by atoms with E-state index in [1.807, 2.05) is 0 Å². The maximum atomic E-state index is 15.3. The molecule has 1 unspecified atom stereocenters. The number of carbonyl (C=O) groups excluding carboxylic acids is 1. The number of anilines is 1. The van der Waals surface area contributed by atoms with E-state index in [4.69, 9.17) is 14.3 Å². The van der Waals surface area contributed by atoms with Gasteiger partial charge in [-0.15, -0.1) is 10.2 Å². The molecule has 226 valence electrons. The number of alkyl halides is 6. The van der Waals surface area contributed by atoms with Gasteiger partial charge in [-0.3, -0.25) is 4.79 Å². The van der Waals surface area contributed by atoms with E-state index in [1.165, 1.54) is 24.3 Å². The second-order valence-corrected chi connectivity index (χ2v) is 11.7. The van der Waals surface area contributed by atoms with E-state index >= 15 is 4.39 Å². The first-order chi connectivity index (χ1) is 19.4.